The van der Waals surface area contributed by atoms with Crippen LogP contribution in [-0.4, -0.2) is 55.7 Å². The van der Waals surface area contributed by atoms with Crippen LogP contribution in [0.3, 0.4) is 0 Å². The van der Waals surface area contributed by atoms with Crippen LogP contribution in [0, 0.1) is 0 Å². The van der Waals surface area contributed by atoms with Crippen LogP contribution < -0.4 is 11.1 Å². The summed E-state index contributed by atoms with van der Waals surface area (Å²) in [4.78, 5) is 18.2. The van der Waals surface area contributed by atoms with Gasteiger partial charge in [-0.05, 0) is 25.6 Å². The molecule has 0 aromatic carbocycles. The highest BCUT2D eigenvalue weighted by molar-refractivity contribution is 5.78. The first-order chi connectivity index (χ1) is 10.1. The summed E-state index contributed by atoms with van der Waals surface area (Å²) >= 11 is 0. The van der Waals surface area contributed by atoms with E-state index in [2.05, 4.69) is 10.3 Å². The first-order valence-corrected chi connectivity index (χ1v) is 7.22. The van der Waals surface area contributed by atoms with Gasteiger partial charge < -0.3 is 15.8 Å². The van der Waals surface area contributed by atoms with E-state index in [0.717, 1.165) is 12.1 Å². The van der Waals surface area contributed by atoms with E-state index in [9.17, 15) is 4.79 Å². The molecule has 118 valence electrons. The molecule has 3 N–H and O–H groups in total. The van der Waals surface area contributed by atoms with Crippen molar-refractivity contribution in [2.75, 3.05) is 33.9 Å². The number of pyridine rings is 1. The topological polar surface area (TPSA) is 80.5 Å². The number of amides is 1. The zero-order valence-corrected chi connectivity index (χ0v) is 13.1. The van der Waals surface area contributed by atoms with Crippen LogP contribution in [-0.2, 0) is 9.53 Å². The average Bonchev–Trinajstić information content (AvgIpc) is 2.48. The Morgan fingerprint density at radius 1 is 1.52 bits per heavy atom. The van der Waals surface area contributed by atoms with Crippen molar-refractivity contribution in [2.24, 2.45) is 5.73 Å². The number of ether oxygens (including phenoxy) is 1. The van der Waals surface area contributed by atoms with Crippen LogP contribution in [0.4, 0.5) is 0 Å². The van der Waals surface area contributed by atoms with Crippen molar-refractivity contribution in [2.45, 2.75) is 25.4 Å². The second-order valence-corrected chi connectivity index (χ2v) is 5.03. The highest BCUT2D eigenvalue weighted by Gasteiger charge is 2.25. The second kappa shape index (κ2) is 9.44. The van der Waals surface area contributed by atoms with Crippen LogP contribution in [0.25, 0.3) is 0 Å². The number of likely N-dealkylation sites (N-methyl/N-ethyl adjacent to an activating group) is 1. The molecule has 0 aliphatic rings. The van der Waals surface area contributed by atoms with Gasteiger partial charge in [-0.25, -0.2) is 0 Å². The van der Waals surface area contributed by atoms with Gasteiger partial charge in [-0.15, -0.1) is 0 Å². The molecule has 1 aromatic rings. The molecule has 0 saturated carbocycles. The van der Waals surface area contributed by atoms with Crippen molar-refractivity contribution in [1.82, 2.24) is 15.2 Å². The summed E-state index contributed by atoms with van der Waals surface area (Å²) in [6.07, 6.45) is 2.56. The monoisotopic (exact) mass is 294 g/mol. The molecule has 6 nitrogen and oxygen atoms in total. The summed E-state index contributed by atoms with van der Waals surface area (Å²) in [5.74, 6) is -0.0428. The van der Waals surface area contributed by atoms with E-state index >= 15 is 0 Å². The fourth-order valence-electron chi connectivity index (χ4n) is 2.22. The minimum atomic E-state index is -0.0793. The predicted octanol–water partition coefficient (Wildman–Crippen LogP) is 0.554. The third-order valence-corrected chi connectivity index (χ3v) is 3.36. The van der Waals surface area contributed by atoms with Crippen LogP contribution >= 0.6 is 0 Å². The highest BCUT2D eigenvalue weighted by atomic mass is 16.5. The van der Waals surface area contributed by atoms with Gasteiger partial charge >= 0.3 is 0 Å². The normalized spacial score (nSPS) is 14.0. The second-order valence-electron chi connectivity index (χ2n) is 5.03. The number of hydrogen-bond donors (Lipinski definition) is 2. The fraction of sp³-hybridized carbons (Fsp3) is 0.600. The minimum absolute atomic E-state index is 0.0428. The Morgan fingerprint density at radius 3 is 2.86 bits per heavy atom. The molecule has 2 atom stereocenters. The van der Waals surface area contributed by atoms with Crippen molar-refractivity contribution in [3.05, 3.63) is 30.1 Å². The lowest BCUT2D eigenvalue weighted by Crippen LogP contribution is -2.44. The number of methoxy groups -OCH3 is 1. The molecule has 1 amide bonds. The number of nitrogens with two attached hydrogens (primary N) is 1. The van der Waals surface area contributed by atoms with E-state index in [1.54, 1.807) is 13.3 Å². The highest BCUT2D eigenvalue weighted by Crippen LogP contribution is 2.21. The SMILES string of the molecule is CCC(N)C(c1ccccn1)N(C)CC(=O)NCCOC. The smallest absolute Gasteiger partial charge is 0.234 e. The summed E-state index contributed by atoms with van der Waals surface area (Å²) in [6, 6.07) is 5.60. The first kappa shape index (κ1) is 17.6. The Bertz CT molecular complexity index is 413. The van der Waals surface area contributed by atoms with E-state index in [1.165, 1.54) is 0 Å². The molecule has 6 heteroatoms. The van der Waals surface area contributed by atoms with E-state index in [4.69, 9.17) is 10.5 Å². The summed E-state index contributed by atoms with van der Waals surface area (Å²) in [7, 11) is 3.50. The zero-order chi connectivity index (χ0) is 15.7. The molecule has 0 spiro atoms. The molecule has 0 radical (unpaired) electrons. The fourth-order valence-corrected chi connectivity index (χ4v) is 2.22. The number of rotatable bonds is 9. The molecule has 1 heterocycles. The Labute approximate surface area is 126 Å². The molecule has 1 rings (SSSR count). The van der Waals surface area contributed by atoms with Crippen molar-refractivity contribution >= 4 is 5.91 Å². The summed E-state index contributed by atoms with van der Waals surface area (Å²) in [5.41, 5.74) is 7.10. The predicted molar refractivity (Wildman–Crippen MR) is 82.8 cm³/mol. The Hall–Kier alpha value is -1.50. The first-order valence-electron chi connectivity index (χ1n) is 7.22. The maximum absolute atomic E-state index is 11.9. The molecule has 0 saturated heterocycles. The number of hydrogen-bond acceptors (Lipinski definition) is 5. The van der Waals surface area contributed by atoms with E-state index in [1.807, 2.05) is 37.1 Å². The Kier molecular flexibility index (Phi) is 7.89. The van der Waals surface area contributed by atoms with Gasteiger partial charge in [0.1, 0.15) is 0 Å². The van der Waals surface area contributed by atoms with Crippen molar-refractivity contribution in [1.29, 1.82) is 0 Å². The van der Waals surface area contributed by atoms with Crippen molar-refractivity contribution in [3.63, 3.8) is 0 Å². The molecule has 0 fully saturated rings. The lowest BCUT2D eigenvalue weighted by atomic mass is 10.0. The Morgan fingerprint density at radius 2 is 2.29 bits per heavy atom. The molecular formula is C15H26N4O2. The quantitative estimate of drug-likeness (QED) is 0.650. The van der Waals surface area contributed by atoms with Gasteiger partial charge in [0.2, 0.25) is 5.91 Å². The van der Waals surface area contributed by atoms with Gasteiger partial charge in [-0.3, -0.25) is 14.7 Å². The lowest BCUT2D eigenvalue weighted by molar-refractivity contribution is -0.122. The summed E-state index contributed by atoms with van der Waals surface area (Å²) in [6.45, 7) is 3.33. The summed E-state index contributed by atoms with van der Waals surface area (Å²) < 4.78 is 4.91. The number of carbonyl (C=O) groups excluding carboxylic acids is 1. The molecule has 0 aliphatic carbocycles. The van der Waals surface area contributed by atoms with Crippen LogP contribution in [0.15, 0.2) is 24.4 Å². The van der Waals surface area contributed by atoms with Crippen molar-refractivity contribution in [3.8, 4) is 0 Å². The van der Waals surface area contributed by atoms with Gasteiger partial charge in [0.05, 0.1) is 24.9 Å². The summed E-state index contributed by atoms with van der Waals surface area (Å²) in [5, 5.41) is 2.81. The van der Waals surface area contributed by atoms with Gasteiger partial charge in [0.15, 0.2) is 0 Å². The van der Waals surface area contributed by atoms with Crippen molar-refractivity contribution < 1.29 is 9.53 Å². The van der Waals surface area contributed by atoms with E-state index < -0.39 is 0 Å². The molecule has 1 aromatic heterocycles. The minimum Gasteiger partial charge on any atom is -0.383 e. The Balaban J connectivity index is 2.68. The number of nitrogens with zero attached hydrogens (tertiary/aromatic N) is 2. The average molecular weight is 294 g/mol. The number of nitrogens with one attached hydrogen (secondary N) is 1. The number of carbonyl (C=O) groups is 1. The zero-order valence-electron chi connectivity index (χ0n) is 13.1. The molecule has 21 heavy (non-hydrogen) atoms. The molecule has 0 aliphatic heterocycles. The maximum atomic E-state index is 11.9. The standard InChI is InChI=1S/C15H26N4O2/c1-4-12(16)15(13-7-5-6-8-17-13)19(2)11-14(20)18-9-10-21-3/h5-8,12,15H,4,9-11,16H2,1-3H3,(H,18,20). The van der Waals surface area contributed by atoms with Gasteiger partial charge in [0.25, 0.3) is 0 Å². The van der Waals surface area contributed by atoms with Gasteiger partial charge in [0, 0.05) is 25.9 Å². The third kappa shape index (κ3) is 5.79. The van der Waals surface area contributed by atoms with Gasteiger partial charge in [-0.2, -0.15) is 0 Å². The lowest BCUT2D eigenvalue weighted by Gasteiger charge is -2.31. The molecule has 2 unspecified atom stereocenters. The number of aromatic nitrogens is 1. The van der Waals surface area contributed by atoms with E-state index in [-0.39, 0.29) is 24.5 Å². The van der Waals surface area contributed by atoms with Crippen LogP contribution in [0.2, 0.25) is 0 Å². The van der Waals surface area contributed by atoms with Gasteiger partial charge in [-0.1, -0.05) is 13.0 Å². The van der Waals surface area contributed by atoms with Crippen LogP contribution in [0.5, 0.6) is 0 Å². The molecular weight excluding hydrogens is 268 g/mol. The molecule has 0 bridgehead atoms. The maximum Gasteiger partial charge on any atom is 0.234 e. The van der Waals surface area contributed by atoms with E-state index in [0.29, 0.717) is 13.2 Å². The van der Waals surface area contributed by atoms with Crippen LogP contribution in [0.1, 0.15) is 25.1 Å². The third-order valence-electron chi connectivity index (χ3n) is 3.36. The largest absolute Gasteiger partial charge is 0.383 e.